The topological polar surface area (TPSA) is 113 Å². The minimum atomic E-state index is -0.786. The minimum Gasteiger partial charge on any atom is -0.422 e. The van der Waals surface area contributed by atoms with Crippen LogP contribution in [0.2, 0.25) is 0 Å². The summed E-state index contributed by atoms with van der Waals surface area (Å²) in [4.78, 5) is 26.0. The summed E-state index contributed by atoms with van der Waals surface area (Å²) in [5.74, 6) is -0.0595. The molecule has 0 atom stereocenters. The first-order chi connectivity index (χ1) is 9.13. The number of H-pyrrole nitrogens is 1. The molecule has 3 aromatic rings. The second kappa shape index (κ2) is 3.71. The molecule has 2 heterocycles. The lowest BCUT2D eigenvalue weighted by atomic mass is 10.0. The van der Waals surface area contributed by atoms with Gasteiger partial charge in [-0.25, -0.2) is 4.79 Å². The molecule has 2 aromatic heterocycles. The predicted octanol–water partition coefficient (Wildman–Crippen LogP) is 1.09. The molecule has 6 heteroatoms. The molecular weight excluding hydrogens is 246 g/mol. The molecular formula is C13H7N3O3. The van der Waals surface area contributed by atoms with Crippen LogP contribution in [0.5, 0.6) is 0 Å². The van der Waals surface area contributed by atoms with Crippen LogP contribution in [-0.2, 0) is 0 Å². The summed E-state index contributed by atoms with van der Waals surface area (Å²) in [6, 6.07) is 8.58. The Morgan fingerprint density at radius 1 is 1.21 bits per heavy atom. The number of nitriles is 1. The maximum atomic E-state index is 11.9. The number of rotatable bonds is 0. The molecule has 0 spiro atoms. The summed E-state index contributed by atoms with van der Waals surface area (Å²) in [5.41, 5.74) is 4.56. The van der Waals surface area contributed by atoms with Crippen molar-refractivity contribution >= 4 is 27.6 Å². The molecule has 0 radical (unpaired) electrons. The van der Waals surface area contributed by atoms with Gasteiger partial charge in [0.05, 0.1) is 0 Å². The first-order valence-corrected chi connectivity index (χ1v) is 5.41. The fraction of sp³-hybridized carbons (Fsp3) is 0. The van der Waals surface area contributed by atoms with Crippen molar-refractivity contribution in [2.45, 2.75) is 0 Å². The van der Waals surface area contributed by atoms with E-state index in [4.69, 9.17) is 10.2 Å². The minimum absolute atomic E-state index is 0.0595. The van der Waals surface area contributed by atoms with Crippen LogP contribution in [-0.4, -0.2) is 4.98 Å². The number of fused-ring (bicyclic) bond motifs is 3. The number of para-hydroxylation sites is 1. The Hall–Kier alpha value is -3.07. The third kappa shape index (κ3) is 1.42. The second-order valence-electron chi connectivity index (χ2n) is 3.99. The van der Waals surface area contributed by atoms with Gasteiger partial charge in [-0.2, -0.15) is 5.26 Å². The molecule has 0 fully saturated rings. The van der Waals surface area contributed by atoms with Crippen LogP contribution in [0.1, 0.15) is 5.56 Å². The molecule has 0 saturated carbocycles. The number of pyridine rings is 1. The molecule has 0 unspecified atom stereocenters. The van der Waals surface area contributed by atoms with Gasteiger partial charge in [-0.1, -0.05) is 18.2 Å². The number of nitrogen functional groups attached to an aromatic ring is 1. The highest BCUT2D eigenvalue weighted by atomic mass is 16.4. The zero-order chi connectivity index (χ0) is 13.6. The Bertz CT molecular complexity index is 976. The molecule has 0 amide bonds. The maximum Gasteiger partial charge on any atom is 0.349 e. The van der Waals surface area contributed by atoms with Crippen LogP contribution < -0.4 is 16.9 Å². The number of hydrogen-bond donors (Lipinski definition) is 2. The van der Waals surface area contributed by atoms with Gasteiger partial charge in [0.25, 0.3) is 5.56 Å². The summed E-state index contributed by atoms with van der Waals surface area (Å²) in [6.45, 7) is 0. The van der Waals surface area contributed by atoms with Crippen molar-refractivity contribution in [3.05, 3.63) is 50.6 Å². The summed E-state index contributed by atoms with van der Waals surface area (Å²) in [7, 11) is 0. The van der Waals surface area contributed by atoms with Gasteiger partial charge in [-0.15, -0.1) is 0 Å². The lowest BCUT2D eigenvalue weighted by molar-refractivity contribution is 0.569. The van der Waals surface area contributed by atoms with E-state index in [9.17, 15) is 14.9 Å². The number of aromatic nitrogens is 1. The van der Waals surface area contributed by atoms with Crippen molar-refractivity contribution in [2.24, 2.45) is 0 Å². The lowest BCUT2D eigenvalue weighted by Gasteiger charge is -2.05. The van der Waals surface area contributed by atoms with Crippen molar-refractivity contribution in [3.8, 4) is 6.07 Å². The normalized spacial score (nSPS) is 10.7. The fourth-order valence-electron chi connectivity index (χ4n) is 2.11. The number of hydrogen-bond acceptors (Lipinski definition) is 5. The maximum absolute atomic E-state index is 11.9. The molecule has 92 valence electrons. The number of nitrogens with zero attached hydrogens (tertiary/aromatic N) is 1. The van der Waals surface area contributed by atoms with Crippen LogP contribution in [0.25, 0.3) is 21.7 Å². The Labute approximate surface area is 105 Å². The van der Waals surface area contributed by atoms with Crippen LogP contribution in [0, 0.1) is 11.3 Å². The molecule has 0 aliphatic carbocycles. The molecule has 3 rings (SSSR count). The Balaban J connectivity index is 2.82. The van der Waals surface area contributed by atoms with Gasteiger partial charge in [-0.3, -0.25) is 4.79 Å². The average Bonchev–Trinajstić information content (AvgIpc) is 2.38. The smallest absolute Gasteiger partial charge is 0.349 e. The summed E-state index contributed by atoms with van der Waals surface area (Å²) >= 11 is 0. The first kappa shape index (κ1) is 11.0. The van der Waals surface area contributed by atoms with Gasteiger partial charge in [0.1, 0.15) is 28.4 Å². The van der Waals surface area contributed by atoms with E-state index in [2.05, 4.69) is 4.98 Å². The number of nitrogens with two attached hydrogens (primary N) is 1. The Kier molecular flexibility index (Phi) is 2.16. The zero-order valence-corrected chi connectivity index (χ0v) is 9.56. The summed E-state index contributed by atoms with van der Waals surface area (Å²) in [6.07, 6.45) is 0. The van der Waals surface area contributed by atoms with E-state index < -0.39 is 11.2 Å². The van der Waals surface area contributed by atoms with Gasteiger partial charge in [0.15, 0.2) is 0 Å². The van der Waals surface area contributed by atoms with Crippen LogP contribution in [0.15, 0.2) is 38.3 Å². The van der Waals surface area contributed by atoms with Crippen LogP contribution in [0.4, 0.5) is 5.82 Å². The number of benzene rings is 1. The third-order valence-corrected chi connectivity index (χ3v) is 2.92. The molecule has 0 aliphatic rings. The highest BCUT2D eigenvalue weighted by Crippen LogP contribution is 2.25. The zero-order valence-electron chi connectivity index (χ0n) is 9.56. The van der Waals surface area contributed by atoms with Gasteiger partial charge in [-0.05, 0) is 6.07 Å². The predicted molar refractivity (Wildman–Crippen MR) is 69.7 cm³/mol. The van der Waals surface area contributed by atoms with Crippen molar-refractivity contribution in [1.29, 1.82) is 5.26 Å². The second-order valence-corrected chi connectivity index (χ2v) is 3.99. The molecule has 19 heavy (non-hydrogen) atoms. The molecule has 0 bridgehead atoms. The quantitative estimate of drug-likeness (QED) is 0.460. The van der Waals surface area contributed by atoms with Gasteiger partial charge >= 0.3 is 5.63 Å². The molecule has 6 nitrogen and oxygen atoms in total. The van der Waals surface area contributed by atoms with Crippen molar-refractivity contribution in [3.63, 3.8) is 0 Å². The molecule has 0 saturated heterocycles. The monoisotopic (exact) mass is 253 g/mol. The van der Waals surface area contributed by atoms with E-state index in [1.54, 1.807) is 24.3 Å². The SMILES string of the molecule is N#Cc1c(N)[nH]c(=O)c2c(=O)oc3ccccc3c12. The van der Waals surface area contributed by atoms with Crippen LogP contribution in [0.3, 0.4) is 0 Å². The average molecular weight is 253 g/mol. The van der Waals surface area contributed by atoms with E-state index in [-0.39, 0.29) is 22.2 Å². The summed E-state index contributed by atoms with van der Waals surface area (Å²) in [5, 5.41) is 9.72. The highest BCUT2D eigenvalue weighted by Gasteiger charge is 2.16. The van der Waals surface area contributed by atoms with E-state index in [0.29, 0.717) is 11.0 Å². The van der Waals surface area contributed by atoms with E-state index in [1.807, 2.05) is 6.07 Å². The summed E-state index contributed by atoms with van der Waals surface area (Å²) < 4.78 is 5.07. The standard InChI is InChI=1S/C13H7N3O3/c14-5-7-9-6-3-1-2-4-8(6)19-13(18)10(9)12(17)16-11(7)15/h1-4H,(H3,15,16,17). The van der Waals surface area contributed by atoms with Crippen molar-refractivity contribution in [2.75, 3.05) is 5.73 Å². The number of anilines is 1. The Morgan fingerprint density at radius 2 is 1.95 bits per heavy atom. The highest BCUT2D eigenvalue weighted by molar-refractivity contribution is 6.08. The molecule has 1 aromatic carbocycles. The van der Waals surface area contributed by atoms with Gasteiger partial charge in [0, 0.05) is 10.8 Å². The lowest BCUT2D eigenvalue weighted by Crippen LogP contribution is -2.18. The van der Waals surface area contributed by atoms with Gasteiger partial charge in [0.2, 0.25) is 0 Å². The number of nitrogens with one attached hydrogen (secondary N) is 1. The van der Waals surface area contributed by atoms with E-state index in [0.717, 1.165) is 0 Å². The van der Waals surface area contributed by atoms with Crippen LogP contribution >= 0.6 is 0 Å². The fourth-order valence-corrected chi connectivity index (χ4v) is 2.11. The van der Waals surface area contributed by atoms with Crippen molar-refractivity contribution < 1.29 is 4.42 Å². The van der Waals surface area contributed by atoms with Gasteiger partial charge < -0.3 is 15.1 Å². The molecule has 0 aliphatic heterocycles. The Morgan fingerprint density at radius 3 is 2.68 bits per heavy atom. The number of aromatic amines is 1. The molecule has 3 N–H and O–H groups in total. The third-order valence-electron chi connectivity index (χ3n) is 2.92. The van der Waals surface area contributed by atoms with E-state index in [1.165, 1.54) is 0 Å². The van der Waals surface area contributed by atoms with Crippen molar-refractivity contribution in [1.82, 2.24) is 4.98 Å². The van der Waals surface area contributed by atoms with E-state index >= 15 is 0 Å². The largest absolute Gasteiger partial charge is 0.422 e. The first-order valence-electron chi connectivity index (χ1n) is 5.41.